The zero-order chi connectivity index (χ0) is 58.5. The van der Waals surface area contributed by atoms with Gasteiger partial charge in [0.2, 0.25) is 5.91 Å². The predicted octanol–water partition coefficient (Wildman–Crippen LogP) is 24.1. The average Bonchev–Trinajstić information content (AvgIpc) is 3.47. The van der Waals surface area contributed by atoms with Crippen LogP contribution < -0.4 is 5.32 Å². The molecule has 0 spiro atoms. The predicted molar refractivity (Wildman–Crippen MR) is 356 cm³/mol. The van der Waals surface area contributed by atoms with Gasteiger partial charge >= 0.3 is 5.97 Å². The van der Waals surface area contributed by atoms with E-state index in [0.29, 0.717) is 19.4 Å². The maximum Gasteiger partial charge on any atom is 0.305 e. The molecule has 0 saturated carbocycles. The van der Waals surface area contributed by atoms with Crippen LogP contribution in [0.2, 0.25) is 0 Å². The Hall–Kier alpha value is -1.66. The van der Waals surface area contributed by atoms with E-state index in [2.05, 4.69) is 31.3 Å². The highest BCUT2D eigenvalue weighted by atomic mass is 16.5. The van der Waals surface area contributed by atoms with Crippen LogP contribution in [-0.4, -0.2) is 47.4 Å². The van der Waals surface area contributed by atoms with Gasteiger partial charge < -0.3 is 20.3 Å². The highest BCUT2D eigenvalue weighted by molar-refractivity contribution is 5.76. The Bertz CT molecular complexity index is 1270. The van der Waals surface area contributed by atoms with Gasteiger partial charge in [-0.1, -0.05) is 372 Å². The maximum absolute atomic E-state index is 12.5. The van der Waals surface area contributed by atoms with Gasteiger partial charge in [-0.25, -0.2) is 0 Å². The number of ether oxygens (including phenoxy) is 1. The zero-order valence-electron chi connectivity index (χ0n) is 55.0. The lowest BCUT2D eigenvalue weighted by Gasteiger charge is -2.20. The largest absolute Gasteiger partial charge is 0.466 e. The van der Waals surface area contributed by atoms with Crippen LogP contribution in [0, 0.1) is 0 Å². The molecule has 0 bridgehead atoms. The standard InChI is InChI=1S/C75H145NO5/c1-3-5-7-9-11-13-15-17-19-21-23-24-29-32-35-39-43-47-51-55-59-63-67-73(78)72(71-77)76-74(79)68-64-60-56-52-48-44-40-36-33-30-27-25-26-28-31-34-38-42-46-50-54-58-62-66-70-81-75(80)69-65-61-57-53-49-45-41-37-22-20-18-16-14-12-10-8-6-4-2/h20,22,63,67,72-73,77-78H,3-19,21,23-62,64-66,68-71H2,1-2H3,(H,76,79)/b22-20-,67-63+. The number of carbonyl (C=O) groups is 2. The van der Waals surface area contributed by atoms with Gasteiger partial charge in [-0.05, 0) is 57.8 Å². The van der Waals surface area contributed by atoms with Crippen molar-refractivity contribution < 1.29 is 24.5 Å². The van der Waals surface area contributed by atoms with Crippen molar-refractivity contribution in [3.8, 4) is 0 Å². The molecular formula is C75H145NO5. The van der Waals surface area contributed by atoms with E-state index >= 15 is 0 Å². The summed E-state index contributed by atoms with van der Waals surface area (Å²) in [5, 5.41) is 23.3. The molecule has 0 radical (unpaired) electrons. The van der Waals surface area contributed by atoms with E-state index in [1.54, 1.807) is 6.08 Å². The van der Waals surface area contributed by atoms with Crippen LogP contribution in [0.5, 0.6) is 0 Å². The first kappa shape index (κ1) is 79.3. The molecule has 0 aromatic carbocycles. The lowest BCUT2D eigenvalue weighted by atomic mass is 10.0. The van der Waals surface area contributed by atoms with Gasteiger partial charge in [0.1, 0.15) is 0 Å². The molecule has 0 fully saturated rings. The molecule has 2 unspecified atom stereocenters. The average molecular weight is 1140 g/mol. The van der Waals surface area contributed by atoms with Gasteiger partial charge in [0.05, 0.1) is 25.4 Å². The second-order valence-electron chi connectivity index (χ2n) is 25.6. The third kappa shape index (κ3) is 67.3. The molecule has 0 aromatic heterocycles. The third-order valence-corrected chi connectivity index (χ3v) is 17.5. The van der Waals surface area contributed by atoms with Gasteiger partial charge in [0.25, 0.3) is 0 Å². The van der Waals surface area contributed by atoms with E-state index in [1.807, 2.05) is 6.08 Å². The van der Waals surface area contributed by atoms with E-state index in [1.165, 1.54) is 347 Å². The maximum atomic E-state index is 12.5. The number of allylic oxidation sites excluding steroid dienone is 3. The number of aliphatic hydroxyl groups excluding tert-OH is 2. The van der Waals surface area contributed by atoms with Crippen molar-refractivity contribution >= 4 is 11.9 Å². The molecule has 6 nitrogen and oxygen atoms in total. The van der Waals surface area contributed by atoms with Crippen molar-refractivity contribution in [3.63, 3.8) is 0 Å². The van der Waals surface area contributed by atoms with Crippen molar-refractivity contribution in [1.29, 1.82) is 0 Å². The number of esters is 1. The molecule has 0 aromatic rings. The summed E-state index contributed by atoms with van der Waals surface area (Å²) in [4.78, 5) is 24.6. The number of aliphatic hydroxyl groups is 2. The quantitative estimate of drug-likeness (QED) is 0.0320. The second-order valence-corrected chi connectivity index (χ2v) is 25.6. The first-order chi connectivity index (χ1) is 40.0. The summed E-state index contributed by atoms with van der Waals surface area (Å²) < 4.78 is 5.51. The molecule has 0 heterocycles. The summed E-state index contributed by atoms with van der Waals surface area (Å²) in [6.07, 6.45) is 89.8. The molecule has 81 heavy (non-hydrogen) atoms. The number of rotatable bonds is 70. The van der Waals surface area contributed by atoms with Crippen molar-refractivity contribution in [2.45, 2.75) is 431 Å². The van der Waals surface area contributed by atoms with Crippen molar-refractivity contribution in [2.75, 3.05) is 13.2 Å². The van der Waals surface area contributed by atoms with E-state index < -0.39 is 12.1 Å². The summed E-state index contributed by atoms with van der Waals surface area (Å²) in [6.45, 7) is 4.95. The van der Waals surface area contributed by atoms with E-state index in [-0.39, 0.29) is 18.5 Å². The molecular weight excluding hydrogens is 995 g/mol. The molecule has 2 atom stereocenters. The number of amides is 1. The Morgan fingerprint density at radius 3 is 0.877 bits per heavy atom. The Balaban J connectivity index is 3.38. The van der Waals surface area contributed by atoms with Gasteiger partial charge in [0.15, 0.2) is 0 Å². The molecule has 0 rings (SSSR count). The Labute approximate surface area is 507 Å². The van der Waals surface area contributed by atoms with Gasteiger partial charge in [-0.2, -0.15) is 0 Å². The lowest BCUT2D eigenvalue weighted by molar-refractivity contribution is -0.143. The lowest BCUT2D eigenvalue weighted by Crippen LogP contribution is -2.45. The van der Waals surface area contributed by atoms with Gasteiger partial charge in [-0.3, -0.25) is 9.59 Å². The summed E-state index contributed by atoms with van der Waals surface area (Å²) >= 11 is 0. The Morgan fingerprint density at radius 1 is 0.333 bits per heavy atom. The molecule has 6 heteroatoms. The van der Waals surface area contributed by atoms with Gasteiger partial charge in [-0.15, -0.1) is 0 Å². The molecule has 0 saturated heterocycles. The van der Waals surface area contributed by atoms with Crippen molar-refractivity contribution in [2.24, 2.45) is 0 Å². The molecule has 3 N–H and O–H groups in total. The Morgan fingerprint density at radius 2 is 0.580 bits per heavy atom. The minimum atomic E-state index is -0.845. The minimum absolute atomic E-state index is 0.0131. The number of hydrogen-bond acceptors (Lipinski definition) is 5. The SMILES string of the molecule is CCCCCCCCC/C=C\CCCCCCCCCC(=O)OCCCCCCCCCCCCCCCCCCCCCCCCCCC(=O)NC(CO)C(O)/C=C/CCCCCCCCCCCCCCCCCCCCCC. The smallest absolute Gasteiger partial charge is 0.305 e. The Kier molecular flexibility index (Phi) is 69.4. The fourth-order valence-electron chi connectivity index (χ4n) is 11.8. The van der Waals surface area contributed by atoms with Crippen LogP contribution in [0.15, 0.2) is 24.3 Å². The number of carbonyl (C=O) groups excluding carboxylic acids is 2. The van der Waals surface area contributed by atoms with Crippen LogP contribution in [-0.2, 0) is 14.3 Å². The van der Waals surface area contributed by atoms with E-state index in [9.17, 15) is 19.8 Å². The first-order valence-corrected chi connectivity index (χ1v) is 37.1. The molecule has 0 aliphatic carbocycles. The fourth-order valence-corrected chi connectivity index (χ4v) is 11.8. The van der Waals surface area contributed by atoms with Crippen LogP contribution in [0.25, 0.3) is 0 Å². The summed E-state index contributed by atoms with van der Waals surface area (Å²) in [5.74, 6) is -0.0491. The third-order valence-electron chi connectivity index (χ3n) is 17.5. The monoisotopic (exact) mass is 1140 g/mol. The van der Waals surface area contributed by atoms with Gasteiger partial charge in [0, 0.05) is 12.8 Å². The normalized spacial score (nSPS) is 12.6. The number of hydrogen-bond donors (Lipinski definition) is 3. The van der Waals surface area contributed by atoms with Crippen LogP contribution >= 0.6 is 0 Å². The van der Waals surface area contributed by atoms with Crippen LogP contribution in [0.1, 0.15) is 418 Å². The van der Waals surface area contributed by atoms with Crippen molar-refractivity contribution in [1.82, 2.24) is 5.32 Å². The van der Waals surface area contributed by atoms with E-state index in [0.717, 1.165) is 44.9 Å². The number of nitrogens with one attached hydrogen (secondary N) is 1. The zero-order valence-corrected chi connectivity index (χ0v) is 55.0. The first-order valence-electron chi connectivity index (χ1n) is 37.1. The molecule has 480 valence electrons. The van der Waals surface area contributed by atoms with Crippen LogP contribution in [0.3, 0.4) is 0 Å². The fraction of sp³-hybridized carbons (Fsp3) is 0.920. The van der Waals surface area contributed by atoms with Crippen LogP contribution in [0.4, 0.5) is 0 Å². The van der Waals surface area contributed by atoms with Crippen molar-refractivity contribution in [3.05, 3.63) is 24.3 Å². The molecule has 0 aliphatic rings. The van der Waals surface area contributed by atoms with E-state index in [4.69, 9.17) is 4.74 Å². The topological polar surface area (TPSA) is 95.9 Å². The molecule has 0 aliphatic heterocycles. The summed E-state index contributed by atoms with van der Waals surface area (Å²) in [7, 11) is 0. The summed E-state index contributed by atoms with van der Waals surface area (Å²) in [5.41, 5.74) is 0. The second kappa shape index (κ2) is 70.8. The molecule has 1 amide bonds. The highest BCUT2D eigenvalue weighted by Crippen LogP contribution is 2.19. The number of unbranched alkanes of at least 4 members (excludes halogenated alkanes) is 57. The highest BCUT2D eigenvalue weighted by Gasteiger charge is 2.18. The summed E-state index contributed by atoms with van der Waals surface area (Å²) in [6, 6.07) is -0.628. The minimum Gasteiger partial charge on any atom is -0.466 e.